The van der Waals surface area contributed by atoms with Gasteiger partial charge in [-0.25, -0.2) is 8.42 Å². The molecule has 1 aromatic rings. The number of aryl methyl sites for hydroxylation is 2. The first-order chi connectivity index (χ1) is 7.96. The molecule has 1 aromatic carbocycles. The molecule has 5 heteroatoms. The van der Waals surface area contributed by atoms with E-state index in [1.54, 1.807) is 0 Å². The summed E-state index contributed by atoms with van der Waals surface area (Å²) in [6, 6.07) is 5.50. The number of hydrogen-bond donors (Lipinski definition) is 2. The Morgan fingerprint density at radius 1 is 1.29 bits per heavy atom. The largest absolute Gasteiger partial charge is 0.507 e. The zero-order valence-electron chi connectivity index (χ0n) is 10.0. The molecule has 4 nitrogen and oxygen atoms in total. The number of phenols is 1. The van der Waals surface area contributed by atoms with Gasteiger partial charge in [0.25, 0.3) is 0 Å². The zero-order valence-corrected chi connectivity index (χ0v) is 10.8. The molecule has 0 unspecified atom stereocenters. The maximum absolute atomic E-state index is 11.4. The van der Waals surface area contributed by atoms with Crippen LogP contribution in [0, 0.1) is 6.92 Å². The summed E-state index contributed by atoms with van der Waals surface area (Å²) in [6.45, 7) is 1.99. The van der Waals surface area contributed by atoms with Gasteiger partial charge in [0.2, 0.25) is 0 Å². The number of hydrogen-bond acceptors (Lipinski definition) is 4. The number of rotatable bonds is 6. The molecule has 0 spiro atoms. The monoisotopic (exact) mass is 257 g/mol. The first-order valence-electron chi connectivity index (χ1n) is 5.64. The van der Waals surface area contributed by atoms with Crippen LogP contribution in [0.4, 0.5) is 0 Å². The van der Waals surface area contributed by atoms with Crippen molar-refractivity contribution in [2.75, 3.05) is 18.1 Å². The first kappa shape index (κ1) is 14.0. The molecular weight excluding hydrogens is 238 g/mol. The van der Waals surface area contributed by atoms with Crippen LogP contribution in [0.5, 0.6) is 5.75 Å². The molecule has 0 amide bonds. The molecule has 0 radical (unpaired) electrons. The summed E-state index contributed by atoms with van der Waals surface area (Å²) in [6.07, 6.45) is 1.08. The molecule has 0 aromatic heterocycles. The van der Waals surface area contributed by atoms with Crippen LogP contribution >= 0.6 is 0 Å². The van der Waals surface area contributed by atoms with Gasteiger partial charge in [-0.05, 0) is 30.9 Å². The van der Waals surface area contributed by atoms with Crippen LogP contribution < -0.4 is 5.73 Å². The molecule has 0 fully saturated rings. The van der Waals surface area contributed by atoms with E-state index < -0.39 is 9.84 Å². The van der Waals surface area contributed by atoms with E-state index in [1.807, 2.05) is 25.1 Å². The highest BCUT2D eigenvalue weighted by Gasteiger charge is 2.10. The number of sulfone groups is 1. The first-order valence-corrected chi connectivity index (χ1v) is 7.46. The van der Waals surface area contributed by atoms with Gasteiger partial charge in [-0.15, -0.1) is 0 Å². The van der Waals surface area contributed by atoms with E-state index in [4.69, 9.17) is 5.73 Å². The lowest BCUT2D eigenvalue weighted by Gasteiger charge is -2.07. The minimum atomic E-state index is -3.03. The maximum atomic E-state index is 11.4. The van der Waals surface area contributed by atoms with Gasteiger partial charge < -0.3 is 10.8 Å². The van der Waals surface area contributed by atoms with E-state index in [9.17, 15) is 13.5 Å². The number of para-hydroxylation sites is 1. The highest BCUT2D eigenvalue weighted by molar-refractivity contribution is 7.91. The minimum Gasteiger partial charge on any atom is -0.507 e. The van der Waals surface area contributed by atoms with Crippen molar-refractivity contribution >= 4 is 9.84 Å². The van der Waals surface area contributed by atoms with E-state index in [-0.39, 0.29) is 23.8 Å². The summed E-state index contributed by atoms with van der Waals surface area (Å²) >= 11 is 0. The van der Waals surface area contributed by atoms with Crippen LogP contribution in [0.15, 0.2) is 18.2 Å². The standard InChI is InChI=1S/C12H19NO3S/c1-10-4-2-5-11(12(10)14)6-3-8-17(15,16)9-7-13/h2,4-5,14H,3,6-9,13H2,1H3. The Balaban J connectivity index is 2.55. The Bertz CT molecular complexity index is 469. The van der Waals surface area contributed by atoms with Gasteiger partial charge in [-0.1, -0.05) is 18.2 Å². The van der Waals surface area contributed by atoms with Crippen molar-refractivity contribution in [2.45, 2.75) is 19.8 Å². The van der Waals surface area contributed by atoms with Gasteiger partial charge in [0.1, 0.15) is 5.75 Å². The van der Waals surface area contributed by atoms with Gasteiger partial charge in [-0.3, -0.25) is 0 Å². The SMILES string of the molecule is Cc1cccc(CCCS(=O)(=O)CCN)c1O. The Morgan fingerprint density at radius 3 is 2.65 bits per heavy atom. The average molecular weight is 257 g/mol. The van der Waals surface area contributed by atoms with Gasteiger partial charge in [0, 0.05) is 6.54 Å². The van der Waals surface area contributed by atoms with Crippen molar-refractivity contribution in [3.63, 3.8) is 0 Å². The van der Waals surface area contributed by atoms with E-state index >= 15 is 0 Å². The van der Waals surface area contributed by atoms with Gasteiger partial charge in [0.05, 0.1) is 11.5 Å². The van der Waals surface area contributed by atoms with Crippen LogP contribution in [0.25, 0.3) is 0 Å². The quantitative estimate of drug-likeness (QED) is 0.797. The summed E-state index contributed by atoms with van der Waals surface area (Å²) in [5.74, 6) is 0.424. The van der Waals surface area contributed by atoms with Crippen molar-refractivity contribution in [2.24, 2.45) is 5.73 Å². The predicted octanol–water partition coefficient (Wildman–Crippen LogP) is 1.01. The molecule has 0 aliphatic rings. The molecule has 0 saturated carbocycles. The van der Waals surface area contributed by atoms with Crippen molar-refractivity contribution in [1.82, 2.24) is 0 Å². The Labute approximate surface area is 102 Å². The topological polar surface area (TPSA) is 80.4 Å². The second-order valence-corrected chi connectivity index (χ2v) is 6.43. The van der Waals surface area contributed by atoms with Crippen molar-refractivity contribution in [3.05, 3.63) is 29.3 Å². The molecule has 0 saturated heterocycles. The number of phenolic OH excluding ortho intramolecular Hbond substituents is 1. The molecule has 0 aliphatic carbocycles. The fraction of sp³-hybridized carbons (Fsp3) is 0.500. The lowest BCUT2D eigenvalue weighted by atomic mass is 10.1. The zero-order chi connectivity index (χ0) is 12.9. The summed E-state index contributed by atoms with van der Waals surface area (Å²) in [7, 11) is -3.03. The number of benzene rings is 1. The van der Waals surface area contributed by atoms with Crippen molar-refractivity contribution in [3.8, 4) is 5.75 Å². The Kier molecular flexibility index (Phi) is 4.96. The molecule has 0 heterocycles. The fourth-order valence-electron chi connectivity index (χ4n) is 1.69. The molecule has 1 rings (SSSR count). The predicted molar refractivity (Wildman–Crippen MR) is 68.9 cm³/mol. The number of aromatic hydroxyl groups is 1. The lowest BCUT2D eigenvalue weighted by Crippen LogP contribution is -2.18. The molecule has 3 N–H and O–H groups in total. The molecular formula is C12H19NO3S. The average Bonchev–Trinajstić information content (AvgIpc) is 2.24. The second-order valence-electron chi connectivity index (χ2n) is 4.13. The lowest BCUT2D eigenvalue weighted by molar-refractivity contribution is 0.463. The van der Waals surface area contributed by atoms with Crippen molar-refractivity contribution in [1.29, 1.82) is 0 Å². The molecule has 0 bridgehead atoms. The van der Waals surface area contributed by atoms with Gasteiger partial charge in [-0.2, -0.15) is 0 Å². The van der Waals surface area contributed by atoms with Crippen molar-refractivity contribution < 1.29 is 13.5 Å². The Hall–Kier alpha value is -1.07. The molecule has 17 heavy (non-hydrogen) atoms. The van der Waals surface area contributed by atoms with Gasteiger partial charge in [0.15, 0.2) is 9.84 Å². The van der Waals surface area contributed by atoms with E-state index in [2.05, 4.69) is 0 Å². The molecule has 96 valence electrons. The highest BCUT2D eigenvalue weighted by atomic mass is 32.2. The third-order valence-corrected chi connectivity index (χ3v) is 4.42. The summed E-state index contributed by atoms with van der Waals surface area (Å²) in [5, 5.41) is 9.76. The second kappa shape index (κ2) is 6.02. The van der Waals surface area contributed by atoms with E-state index in [1.165, 1.54) is 0 Å². The maximum Gasteiger partial charge on any atom is 0.151 e. The van der Waals surface area contributed by atoms with Crippen LogP contribution in [0.1, 0.15) is 17.5 Å². The van der Waals surface area contributed by atoms with Crippen LogP contribution in [0.2, 0.25) is 0 Å². The smallest absolute Gasteiger partial charge is 0.151 e. The Morgan fingerprint density at radius 2 is 2.00 bits per heavy atom. The summed E-state index contributed by atoms with van der Waals surface area (Å²) in [4.78, 5) is 0. The van der Waals surface area contributed by atoms with Crippen LogP contribution in [0.3, 0.4) is 0 Å². The summed E-state index contributed by atoms with van der Waals surface area (Å²) in [5.41, 5.74) is 6.83. The molecule has 0 aliphatic heterocycles. The minimum absolute atomic E-state index is 0.0345. The fourth-order valence-corrected chi connectivity index (χ4v) is 2.83. The van der Waals surface area contributed by atoms with Gasteiger partial charge >= 0.3 is 0 Å². The highest BCUT2D eigenvalue weighted by Crippen LogP contribution is 2.22. The molecule has 0 atom stereocenters. The third kappa shape index (κ3) is 4.36. The summed E-state index contributed by atoms with van der Waals surface area (Å²) < 4.78 is 22.9. The van der Waals surface area contributed by atoms with Crippen LogP contribution in [-0.4, -0.2) is 31.6 Å². The van der Waals surface area contributed by atoms with E-state index in [0.29, 0.717) is 12.8 Å². The normalized spacial score (nSPS) is 11.6. The third-order valence-electron chi connectivity index (χ3n) is 2.65. The van der Waals surface area contributed by atoms with Crippen LogP contribution in [-0.2, 0) is 16.3 Å². The van der Waals surface area contributed by atoms with E-state index in [0.717, 1.165) is 11.1 Å². The number of nitrogens with two attached hydrogens (primary N) is 1.